The van der Waals surface area contributed by atoms with Gasteiger partial charge in [-0.25, -0.2) is 0 Å². The van der Waals surface area contributed by atoms with E-state index in [-0.39, 0.29) is 18.3 Å². The van der Waals surface area contributed by atoms with Crippen molar-refractivity contribution in [2.75, 3.05) is 13.1 Å². The summed E-state index contributed by atoms with van der Waals surface area (Å²) in [5.74, 6) is 0.436. The SMILES string of the molecule is CC(C)CC(O)CNC(=O)CNC1CC1.Cl. The first kappa shape index (κ1) is 15.7. The molecule has 0 aliphatic heterocycles. The van der Waals surface area contributed by atoms with Gasteiger partial charge in [-0.1, -0.05) is 13.8 Å². The van der Waals surface area contributed by atoms with Gasteiger partial charge in [0.15, 0.2) is 0 Å². The molecule has 3 N–H and O–H groups in total. The van der Waals surface area contributed by atoms with Crippen LogP contribution < -0.4 is 10.6 Å². The van der Waals surface area contributed by atoms with E-state index in [0.29, 0.717) is 25.0 Å². The lowest BCUT2D eigenvalue weighted by Crippen LogP contribution is -2.39. The van der Waals surface area contributed by atoms with Crippen LogP contribution in [0.25, 0.3) is 0 Å². The molecule has 0 aromatic rings. The third-order valence-electron chi connectivity index (χ3n) is 2.41. The predicted molar refractivity (Wildman–Crippen MR) is 66.7 cm³/mol. The lowest BCUT2D eigenvalue weighted by atomic mass is 10.1. The average molecular weight is 251 g/mol. The minimum absolute atomic E-state index is 0. The fourth-order valence-electron chi connectivity index (χ4n) is 1.45. The third kappa shape index (κ3) is 7.91. The molecule has 16 heavy (non-hydrogen) atoms. The highest BCUT2D eigenvalue weighted by Gasteiger charge is 2.21. The molecule has 1 fully saturated rings. The van der Waals surface area contributed by atoms with Crippen LogP contribution in [0, 0.1) is 5.92 Å². The summed E-state index contributed by atoms with van der Waals surface area (Å²) >= 11 is 0. The number of carbonyl (C=O) groups excluding carboxylic acids is 1. The molecule has 96 valence electrons. The number of amides is 1. The quantitative estimate of drug-likeness (QED) is 0.623. The van der Waals surface area contributed by atoms with Crippen molar-refractivity contribution in [3.05, 3.63) is 0 Å². The summed E-state index contributed by atoms with van der Waals surface area (Å²) in [6.45, 7) is 4.85. The van der Waals surface area contributed by atoms with Crippen LogP contribution in [-0.4, -0.2) is 36.2 Å². The molecule has 0 aromatic carbocycles. The lowest BCUT2D eigenvalue weighted by Gasteiger charge is -2.13. The van der Waals surface area contributed by atoms with E-state index < -0.39 is 6.10 Å². The molecule has 1 aliphatic rings. The molecule has 5 heteroatoms. The molecule has 1 unspecified atom stereocenters. The number of aliphatic hydroxyl groups excluding tert-OH is 1. The molecule has 0 aromatic heterocycles. The Morgan fingerprint density at radius 3 is 2.56 bits per heavy atom. The Morgan fingerprint density at radius 1 is 1.44 bits per heavy atom. The van der Waals surface area contributed by atoms with E-state index in [1.807, 2.05) is 0 Å². The maximum Gasteiger partial charge on any atom is 0.234 e. The Bertz CT molecular complexity index is 208. The molecule has 1 rings (SSSR count). The molecular weight excluding hydrogens is 228 g/mol. The number of hydrogen-bond acceptors (Lipinski definition) is 3. The van der Waals surface area contributed by atoms with Crippen molar-refractivity contribution < 1.29 is 9.90 Å². The van der Waals surface area contributed by atoms with Crippen LogP contribution in [0.3, 0.4) is 0 Å². The van der Waals surface area contributed by atoms with E-state index in [0.717, 1.165) is 6.42 Å². The van der Waals surface area contributed by atoms with E-state index in [4.69, 9.17) is 0 Å². The zero-order valence-corrected chi connectivity index (χ0v) is 10.8. The molecule has 0 saturated heterocycles. The van der Waals surface area contributed by atoms with Gasteiger partial charge in [-0.3, -0.25) is 4.79 Å². The van der Waals surface area contributed by atoms with E-state index >= 15 is 0 Å². The number of carbonyl (C=O) groups is 1. The van der Waals surface area contributed by atoms with Gasteiger partial charge in [0.25, 0.3) is 0 Å². The zero-order chi connectivity index (χ0) is 11.3. The lowest BCUT2D eigenvalue weighted by molar-refractivity contribution is -0.120. The second-order valence-electron chi connectivity index (χ2n) is 4.74. The van der Waals surface area contributed by atoms with Gasteiger partial charge < -0.3 is 15.7 Å². The Morgan fingerprint density at radius 2 is 2.06 bits per heavy atom. The maximum absolute atomic E-state index is 11.3. The second-order valence-corrected chi connectivity index (χ2v) is 4.74. The number of hydrogen-bond donors (Lipinski definition) is 3. The Balaban J connectivity index is 0.00000225. The first-order valence-electron chi connectivity index (χ1n) is 5.76. The molecule has 4 nitrogen and oxygen atoms in total. The fraction of sp³-hybridized carbons (Fsp3) is 0.909. The van der Waals surface area contributed by atoms with Crippen LogP contribution in [-0.2, 0) is 4.79 Å². The van der Waals surface area contributed by atoms with Gasteiger partial charge in [-0.15, -0.1) is 12.4 Å². The number of aliphatic hydroxyl groups is 1. The molecule has 1 saturated carbocycles. The molecule has 0 heterocycles. The van der Waals surface area contributed by atoms with Crippen molar-refractivity contribution in [1.82, 2.24) is 10.6 Å². The van der Waals surface area contributed by atoms with Crippen molar-refractivity contribution >= 4 is 18.3 Å². The van der Waals surface area contributed by atoms with Gasteiger partial charge in [0.2, 0.25) is 5.91 Å². The van der Waals surface area contributed by atoms with E-state index in [9.17, 15) is 9.90 Å². The van der Waals surface area contributed by atoms with Crippen LogP contribution in [0.4, 0.5) is 0 Å². The molecule has 0 bridgehead atoms. The maximum atomic E-state index is 11.3. The van der Waals surface area contributed by atoms with Gasteiger partial charge in [0.05, 0.1) is 12.6 Å². The van der Waals surface area contributed by atoms with Gasteiger partial charge in [-0.05, 0) is 25.2 Å². The van der Waals surface area contributed by atoms with E-state index in [1.165, 1.54) is 12.8 Å². The van der Waals surface area contributed by atoms with Crippen LogP contribution in [0.15, 0.2) is 0 Å². The predicted octanol–water partition coefficient (Wildman–Crippen LogP) is 0.683. The molecule has 1 atom stereocenters. The van der Waals surface area contributed by atoms with E-state index in [1.54, 1.807) is 0 Å². The minimum atomic E-state index is -0.421. The Kier molecular flexibility index (Phi) is 7.72. The van der Waals surface area contributed by atoms with Crippen molar-refractivity contribution in [2.24, 2.45) is 5.92 Å². The zero-order valence-electron chi connectivity index (χ0n) is 10.0. The monoisotopic (exact) mass is 250 g/mol. The average Bonchev–Trinajstić information content (AvgIpc) is 2.93. The second kappa shape index (κ2) is 7.87. The van der Waals surface area contributed by atoms with Crippen LogP contribution in [0.1, 0.15) is 33.1 Å². The summed E-state index contributed by atoms with van der Waals surface area (Å²) in [4.78, 5) is 11.3. The summed E-state index contributed by atoms with van der Waals surface area (Å²) in [6.07, 6.45) is 2.68. The molecule has 0 spiro atoms. The Hall–Kier alpha value is -0.320. The summed E-state index contributed by atoms with van der Waals surface area (Å²) in [5, 5.41) is 15.4. The van der Waals surface area contributed by atoms with Crippen LogP contribution in [0.5, 0.6) is 0 Å². The summed E-state index contributed by atoms with van der Waals surface area (Å²) in [6, 6.07) is 0.552. The van der Waals surface area contributed by atoms with Crippen LogP contribution in [0.2, 0.25) is 0 Å². The molecule has 0 radical (unpaired) electrons. The van der Waals surface area contributed by atoms with Crippen molar-refractivity contribution in [1.29, 1.82) is 0 Å². The Labute approximate surface area is 104 Å². The first-order chi connectivity index (χ1) is 7.08. The topological polar surface area (TPSA) is 61.4 Å². The van der Waals surface area contributed by atoms with Gasteiger partial charge >= 0.3 is 0 Å². The van der Waals surface area contributed by atoms with Crippen LogP contribution >= 0.6 is 12.4 Å². The first-order valence-corrected chi connectivity index (χ1v) is 5.76. The summed E-state index contributed by atoms with van der Waals surface area (Å²) in [7, 11) is 0. The summed E-state index contributed by atoms with van der Waals surface area (Å²) < 4.78 is 0. The molecular formula is C11H23ClN2O2. The standard InChI is InChI=1S/C11H22N2O2.ClH/c1-8(2)5-10(14)6-13-11(15)7-12-9-3-4-9;/h8-10,12,14H,3-7H2,1-2H3,(H,13,15);1H. The largest absolute Gasteiger partial charge is 0.391 e. The smallest absolute Gasteiger partial charge is 0.234 e. The van der Waals surface area contributed by atoms with Crippen molar-refractivity contribution in [2.45, 2.75) is 45.3 Å². The highest BCUT2D eigenvalue weighted by Crippen LogP contribution is 2.17. The van der Waals surface area contributed by atoms with Gasteiger partial charge in [0.1, 0.15) is 0 Å². The van der Waals surface area contributed by atoms with Crippen molar-refractivity contribution in [3.63, 3.8) is 0 Å². The highest BCUT2D eigenvalue weighted by molar-refractivity contribution is 5.85. The minimum Gasteiger partial charge on any atom is -0.391 e. The number of halogens is 1. The number of nitrogens with one attached hydrogen (secondary N) is 2. The number of rotatable bonds is 7. The van der Waals surface area contributed by atoms with Gasteiger partial charge in [-0.2, -0.15) is 0 Å². The van der Waals surface area contributed by atoms with Crippen molar-refractivity contribution in [3.8, 4) is 0 Å². The highest BCUT2D eigenvalue weighted by atomic mass is 35.5. The normalized spacial score (nSPS) is 16.8. The van der Waals surface area contributed by atoms with E-state index in [2.05, 4.69) is 24.5 Å². The van der Waals surface area contributed by atoms with Gasteiger partial charge in [0, 0.05) is 12.6 Å². The third-order valence-corrected chi connectivity index (χ3v) is 2.41. The molecule has 1 aliphatic carbocycles. The fourth-order valence-corrected chi connectivity index (χ4v) is 1.45. The summed E-state index contributed by atoms with van der Waals surface area (Å²) in [5.41, 5.74) is 0. The molecule has 1 amide bonds.